The molecule has 0 unspecified atom stereocenters. The Morgan fingerprint density at radius 2 is 2.03 bits per heavy atom. The van der Waals surface area contributed by atoms with Gasteiger partial charge >= 0.3 is 0 Å². The minimum absolute atomic E-state index is 0.0276. The summed E-state index contributed by atoms with van der Waals surface area (Å²) in [6.45, 7) is 1.20. The molecule has 2 aromatic rings. The third-order valence-corrected chi connectivity index (χ3v) is 5.43. The van der Waals surface area contributed by atoms with Crippen molar-refractivity contribution in [3.05, 3.63) is 47.9 Å². The number of hydrogen-bond acceptors (Lipinski definition) is 5. The number of likely N-dealkylation sites (N-methyl/N-ethyl adjacent to an activating group) is 1. The summed E-state index contributed by atoms with van der Waals surface area (Å²) in [6, 6.07) is 9.63. The lowest BCUT2D eigenvalue weighted by atomic mass is 10.2. The molecule has 1 saturated carbocycles. The minimum atomic E-state index is -0.0276. The van der Waals surface area contributed by atoms with E-state index in [0.29, 0.717) is 25.5 Å². The van der Waals surface area contributed by atoms with Gasteiger partial charge in [0, 0.05) is 38.7 Å². The predicted molar refractivity (Wildman–Crippen MR) is 124 cm³/mol. The van der Waals surface area contributed by atoms with Crippen molar-refractivity contribution >= 4 is 11.9 Å². The number of rotatable bonds is 10. The summed E-state index contributed by atoms with van der Waals surface area (Å²) in [7, 11) is 5.11. The molecule has 1 aromatic carbocycles. The van der Waals surface area contributed by atoms with Crippen molar-refractivity contribution < 1.29 is 18.7 Å². The number of ether oxygens (including phenoxy) is 2. The van der Waals surface area contributed by atoms with E-state index in [9.17, 15) is 4.79 Å². The molecule has 3 rings (SSSR count). The van der Waals surface area contributed by atoms with Gasteiger partial charge < -0.3 is 29.4 Å². The van der Waals surface area contributed by atoms with E-state index < -0.39 is 0 Å². The van der Waals surface area contributed by atoms with Crippen molar-refractivity contribution in [2.75, 3.05) is 34.3 Å². The molecule has 1 aromatic heterocycles. The zero-order chi connectivity index (χ0) is 22.8. The second kappa shape index (κ2) is 12.0. The monoisotopic (exact) mass is 442 g/mol. The normalized spacial score (nSPS) is 14.3. The molecule has 0 saturated heterocycles. The summed E-state index contributed by atoms with van der Waals surface area (Å²) >= 11 is 0. The smallest absolute Gasteiger partial charge is 0.241 e. The summed E-state index contributed by atoms with van der Waals surface area (Å²) in [5.41, 5.74) is 0.976. The second-order valence-electron chi connectivity index (χ2n) is 8.06. The van der Waals surface area contributed by atoms with E-state index in [2.05, 4.69) is 10.6 Å². The Morgan fingerprint density at radius 3 is 2.72 bits per heavy atom. The van der Waals surface area contributed by atoms with Crippen molar-refractivity contribution in [1.29, 1.82) is 0 Å². The average Bonchev–Trinajstić information content (AvgIpc) is 3.50. The van der Waals surface area contributed by atoms with E-state index in [0.717, 1.165) is 35.7 Å². The first-order valence-electron chi connectivity index (χ1n) is 11.1. The lowest BCUT2D eigenvalue weighted by Gasteiger charge is -2.18. The largest absolute Gasteiger partial charge is 0.497 e. The molecule has 2 N–H and O–H groups in total. The number of guanidine groups is 1. The zero-order valence-electron chi connectivity index (χ0n) is 19.2. The van der Waals surface area contributed by atoms with Gasteiger partial charge in [0.2, 0.25) is 5.91 Å². The molecule has 0 aliphatic heterocycles. The van der Waals surface area contributed by atoms with Crippen LogP contribution in [0.4, 0.5) is 0 Å². The van der Waals surface area contributed by atoms with Crippen LogP contribution in [0, 0.1) is 0 Å². The van der Waals surface area contributed by atoms with Crippen molar-refractivity contribution in [3.63, 3.8) is 0 Å². The van der Waals surface area contributed by atoms with Crippen LogP contribution in [0.25, 0.3) is 0 Å². The van der Waals surface area contributed by atoms with Crippen LogP contribution in [0.5, 0.6) is 11.5 Å². The van der Waals surface area contributed by atoms with E-state index in [-0.39, 0.29) is 18.6 Å². The molecule has 0 radical (unpaired) electrons. The van der Waals surface area contributed by atoms with Crippen LogP contribution in [0.2, 0.25) is 0 Å². The average molecular weight is 443 g/mol. The molecule has 0 bridgehead atoms. The Balaban J connectivity index is 1.69. The highest BCUT2D eigenvalue weighted by Crippen LogP contribution is 2.30. The van der Waals surface area contributed by atoms with Crippen molar-refractivity contribution in [1.82, 2.24) is 15.5 Å². The number of furan rings is 1. The molecule has 8 heteroatoms. The van der Waals surface area contributed by atoms with Crippen LogP contribution >= 0.6 is 0 Å². The SMILES string of the molecule is COc1ccc(CN=C(NCCc2ccco2)NCC(=O)N(C)C)c(OC2CCCC2)c1. The number of nitrogens with one attached hydrogen (secondary N) is 2. The van der Waals surface area contributed by atoms with E-state index >= 15 is 0 Å². The fraction of sp³-hybridized carbons (Fsp3) is 0.500. The Hall–Kier alpha value is -3.16. The van der Waals surface area contributed by atoms with Crippen LogP contribution in [0.15, 0.2) is 46.0 Å². The minimum Gasteiger partial charge on any atom is -0.497 e. The van der Waals surface area contributed by atoms with Gasteiger partial charge in [-0.1, -0.05) is 0 Å². The fourth-order valence-electron chi connectivity index (χ4n) is 3.50. The van der Waals surface area contributed by atoms with E-state index in [1.54, 1.807) is 32.4 Å². The first-order valence-corrected chi connectivity index (χ1v) is 11.1. The lowest BCUT2D eigenvalue weighted by molar-refractivity contribution is -0.127. The first kappa shape index (κ1) is 23.5. The highest BCUT2D eigenvalue weighted by atomic mass is 16.5. The highest BCUT2D eigenvalue weighted by molar-refractivity contribution is 5.86. The van der Waals surface area contributed by atoms with Crippen molar-refractivity contribution in [2.45, 2.75) is 44.8 Å². The Bertz CT molecular complexity index is 874. The molecule has 0 spiro atoms. The van der Waals surface area contributed by atoms with Crippen molar-refractivity contribution in [2.24, 2.45) is 4.99 Å². The van der Waals surface area contributed by atoms with Gasteiger partial charge in [0.25, 0.3) is 0 Å². The second-order valence-corrected chi connectivity index (χ2v) is 8.06. The summed E-state index contributed by atoms with van der Waals surface area (Å²) in [6.07, 6.45) is 7.18. The van der Waals surface area contributed by atoms with Crippen LogP contribution in [0.3, 0.4) is 0 Å². The van der Waals surface area contributed by atoms with Gasteiger partial charge in [-0.2, -0.15) is 0 Å². The van der Waals surface area contributed by atoms with Crippen LogP contribution in [0.1, 0.15) is 37.0 Å². The lowest BCUT2D eigenvalue weighted by Crippen LogP contribution is -2.43. The summed E-state index contributed by atoms with van der Waals surface area (Å²) in [5.74, 6) is 3.00. The molecular weight excluding hydrogens is 408 g/mol. The number of aliphatic imine (C=N–C) groups is 1. The van der Waals surface area contributed by atoms with Gasteiger partial charge in [-0.25, -0.2) is 4.99 Å². The number of benzene rings is 1. The van der Waals surface area contributed by atoms with Gasteiger partial charge in [-0.15, -0.1) is 0 Å². The zero-order valence-corrected chi connectivity index (χ0v) is 19.2. The van der Waals surface area contributed by atoms with Gasteiger partial charge in [0.1, 0.15) is 17.3 Å². The fourth-order valence-corrected chi connectivity index (χ4v) is 3.50. The molecule has 1 fully saturated rings. The molecule has 1 aliphatic rings. The number of carbonyl (C=O) groups excluding carboxylic acids is 1. The third kappa shape index (κ3) is 7.21. The van der Waals surface area contributed by atoms with E-state index in [4.69, 9.17) is 18.9 Å². The van der Waals surface area contributed by atoms with Crippen LogP contribution < -0.4 is 20.1 Å². The molecule has 8 nitrogen and oxygen atoms in total. The maximum absolute atomic E-state index is 12.0. The predicted octanol–water partition coefficient (Wildman–Crippen LogP) is 2.98. The van der Waals surface area contributed by atoms with Crippen LogP contribution in [-0.2, 0) is 17.8 Å². The number of carbonyl (C=O) groups is 1. The summed E-state index contributed by atoms with van der Waals surface area (Å²) in [5, 5.41) is 6.40. The maximum atomic E-state index is 12.0. The van der Waals surface area contributed by atoms with E-state index in [1.165, 1.54) is 12.8 Å². The van der Waals surface area contributed by atoms with E-state index in [1.807, 2.05) is 30.3 Å². The highest BCUT2D eigenvalue weighted by Gasteiger charge is 2.18. The molecule has 0 atom stereocenters. The maximum Gasteiger partial charge on any atom is 0.241 e. The Labute approximate surface area is 190 Å². The van der Waals surface area contributed by atoms with Crippen molar-refractivity contribution in [3.8, 4) is 11.5 Å². The van der Waals surface area contributed by atoms with Gasteiger partial charge in [-0.3, -0.25) is 4.79 Å². The quantitative estimate of drug-likeness (QED) is 0.434. The number of nitrogens with zero attached hydrogens (tertiary/aromatic N) is 2. The third-order valence-electron chi connectivity index (χ3n) is 5.43. The Morgan fingerprint density at radius 1 is 1.22 bits per heavy atom. The van der Waals surface area contributed by atoms with Crippen LogP contribution in [-0.4, -0.2) is 57.2 Å². The van der Waals surface area contributed by atoms with Gasteiger partial charge in [0.15, 0.2) is 5.96 Å². The number of amides is 1. The molecule has 32 heavy (non-hydrogen) atoms. The van der Waals surface area contributed by atoms with Gasteiger partial charge in [0.05, 0.1) is 32.6 Å². The number of hydrogen-bond donors (Lipinski definition) is 2. The summed E-state index contributed by atoms with van der Waals surface area (Å²) in [4.78, 5) is 18.3. The summed E-state index contributed by atoms with van der Waals surface area (Å²) < 4.78 is 17.0. The molecule has 1 aliphatic carbocycles. The Kier molecular flexibility index (Phi) is 8.83. The standard InChI is InChI=1S/C24H34N4O4/c1-28(2)23(29)17-27-24(25-13-12-19-9-6-14-31-19)26-16-18-10-11-21(30-3)15-22(18)32-20-7-4-5-8-20/h6,9-11,14-15,20H,4-5,7-8,12-13,16-17H2,1-3H3,(H2,25,26,27). The topological polar surface area (TPSA) is 88.3 Å². The molecule has 1 amide bonds. The van der Waals surface area contributed by atoms with Gasteiger partial charge in [-0.05, 0) is 49.9 Å². The molecule has 1 heterocycles. The molecule has 174 valence electrons. The molecular formula is C24H34N4O4. The number of methoxy groups -OCH3 is 1. The first-order chi connectivity index (χ1) is 15.5.